The fourth-order valence-electron chi connectivity index (χ4n) is 3.00. The van der Waals surface area contributed by atoms with Gasteiger partial charge in [-0.2, -0.15) is 23.1 Å². The van der Waals surface area contributed by atoms with E-state index >= 15 is 0 Å². The van der Waals surface area contributed by atoms with Crippen LogP contribution in [0.5, 0.6) is 11.5 Å². The minimum atomic E-state index is -4.54. The summed E-state index contributed by atoms with van der Waals surface area (Å²) in [5.41, 5.74) is -0.239. The maximum atomic E-state index is 13.4. The number of anilines is 3. The zero-order valence-electron chi connectivity index (χ0n) is 15.4. The molecule has 0 unspecified atom stereocenters. The highest BCUT2D eigenvalue weighted by atomic mass is 19.4. The molecule has 0 fully saturated rings. The van der Waals surface area contributed by atoms with Crippen molar-refractivity contribution in [2.45, 2.75) is 6.18 Å². The van der Waals surface area contributed by atoms with Gasteiger partial charge in [0.1, 0.15) is 24.7 Å². The normalized spacial score (nSPS) is 13.5. The number of alkyl halides is 3. The summed E-state index contributed by atoms with van der Waals surface area (Å²) in [4.78, 5) is 11.0. The maximum Gasteiger partial charge on any atom is 0.418 e. The first-order valence-corrected chi connectivity index (χ1v) is 8.82. The number of hydrogen-bond acceptors (Lipinski definition) is 7. The number of aromatic amines is 1. The Morgan fingerprint density at radius 3 is 2.83 bits per heavy atom. The van der Waals surface area contributed by atoms with Gasteiger partial charge in [0.2, 0.25) is 5.95 Å². The summed E-state index contributed by atoms with van der Waals surface area (Å²) in [6.45, 7) is 1.41. The van der Waals surface area contributed by atoms with Crippen LogP contribution in [0.2, 0.25) is 0 Å². The molecule has 0 saturated carbocycles. The first kappa shape index (κ1) is 19.1. The Morgan fingerprint density at radius 1 is 1.21 bits per heavy atom. The van der Waals surface area contributed by atoms with Crippen molar-refractivity contribution >= 4 is 28.5 Å². The highest BCUT2D eigenvalue weighted by Crippen LogP contribution is 2.40. The summed E-state index contributed by atoms with van der Waals surface area (Å²) in [6, 6.07) is 5.28. The van der Waals surface area contributed by atoms with E-state index in [4.69, 9.17) is 14.2 Å². The fraction of sp³-hybridized carbons (Fsp3) is 0.333. The monoisotopic (exact) mass is 409 g/mol. The van der Waals surface area contributed by atoms with Crippen LogP contribution in [0, 0.1) is 0 Å². The van der Waals surface area contributed by atoms with E-state index in [0.29, 0.717) is 37.0 Å². The number of para-hydroxylation sites is 1. The van der Waals surface area contributed by atoms with E-state index < -0.39 is 11.7 Å². The first-order valence-electron chi connectivity index (χ1n) is 8.82. The van der Waals surface area contributed by atoms with Crippen molar-refractivity contribution in [1.82, 2.24) is 15.0 Å². The summed E-state index contributed by atoms with van der Waals surface area (Å²) in [7, 11) is 1.50. The number of rotatable bonds is 6. The molecule has 3 N–H and O–H groups in total. The lowest BCUT2D eigenvalue weighted by Gasteiger charge is -2.21. The number of H-pyrrole nitrogens is 1. The van der Waals surface area contributed by atoms with Gasteiger partial charge in [-0.05, 0) is 12.1 Å². The molecule has 154 valence electrons. The molecule has 3 heterocycles. The van der Waals surface area contributed by atoms with Crippen LogP contribution in [0.1, 0.15) is 5.56 Å². The van der Waals surface area contributed by atoms with Crippen molar-refractivity contribution in [3.8, 4) is 11.5 Å². The van der Waals surface area contributed by atoms with Crippen molar-refractivity contribution in [1.29, 1.82) is 0 Å². The van der Waals surface area contributed by atoms with Gasteiger partial charge < -0.3 is 29.8 Å². The van der Waals surface area contributed by atoms with Gasteiger partial charge >= 0.3 is 6.18 Å². The number of hydrogen-bond donors (Lipinski definition) is 3. The smallest absolute Gasteiger partial charge is 0.418 e. The molecule has 11 heteroatoms. The Kier molecular flexibility index (Phi) is 5.05. The fourth-order valence-corrected chi connectivity index (χ4v) is 3.00. The van der Waals surface area contributed by atoms with Gasteiger partial charge in [-0.3, -0.25) is 0 Å². The Bertz CT molecular complexity index is 1020. The van der Waals surface area contributed by atoms with Gasteiger partial charge in [0, 0.05) is 19.9 Å². The molecule has 0 radical (unpaired) electrons. The van der Waals surface area contributed by atoms with Crippen molar-refractivity contribution in [2.24, 2.45) is 0 Å². The summed E-state index contributed by atoms with van der Waals surface area (Å²) in [5.74, 6) is 1.22. The third kappa shape index (κ3) is 3.86. The van der Waals surface area contributed by atoms with E-state index in [0.717, 1.165) is 6.20 Å². The average Bonchev–Trinajstić information content (AvgIpc) is 3.13. The van der Waals surface area contributed by atoms with Gasteiger partial charge in [0.05, 0.1) is 23.2 Å². The van der Waals surface area contributed by atoms with Crippen LogP contribution in [-0.2, 0) is 10.9 Å². The molecule has 0 spiro atoms. The Morgan fingerprint density at radius 2 is 2.03 bits per heavy atom. The molecule has 0 amide bonds. The second kappa shape index (κ2) is 7.66. The van der Waals surface area contributed by atoms with Gasteiger partial charge in [-0.15, -0.1) is 0 Å². The lowest BCUT2D eigenvalue weighted by Crippen LogP contribution is -2.16. The number of aromatic nitrogens is 3. The van der Waals surface area contributed by atoms with Crippen molar-refractivity contribution in [2.75, 3.05) is 44.1 Å². The second-order valence-electron chi connectivity index (χ2n) is 6.19. The van der Waals surface area contributed by atoms with Gasteiger partial charge in [-0.25, -0.2) is 0 Å². The summed E-state index contributed by atoms with van der Waals surface area (Å²) >= 11 is 0. The lowest BCUT2D eigenvalue weighted by atomic mass is 10.2. The van der Waals surface area contributed by atoms with E-state index in [1.165, 1.54) is 7.11 Å². The molecule has 0 aliphatic carbocycles. The van der Waals surface area contributed by atoms with Crippen molar-refractivity contribution < 1.29 is 27.4 Å². The number of nitrogens with zero attached hydrogens (tertiary/aromatic N) is 2. The Hall–Kier alpha value is -3.21. The van der Waals surface area contributed by atoms with E-state index in [9.17, 15) is 13.2 Å². The van der Waals surface area contributed by atoms with E-state index in [1.807, 2.05) is 0 Å². The molecule has 1 aliphatic heterocycles. The topological polar surface area (TPSA) is 93.3 Å². The van der Waals surface area contributed by atoms with Crippen molar-refractivity contribution in [3.63, 3.8) is 0 Å². The highest BCUT2D eigenvalue weighted by molar-refractivity contribution is 5.92. The number of fused-ring (bicyclic) bond motifs is 2. The van der Waals surface area contributed by atoms with Gasteiger partial charge in [0.15, 0.2) is 11.5 Å². The van der Waals surface area contributed by atoms with Crippen molar-refractivity contribution in [3.05, 3.63) is 30.0 Å². The zero-order valence-corrected chi connectivity index (χ0v) is 15.4. The molecule has 3 aromatic rings. The third-order valence-electron chi connectivity index (χ3n) is 4.25. The van der Waals surface area contributed by atoms with Crippen LogP contribution < -0.4 is 20.1 Å². The number of halogens is 3. The Balaban J connectivity index is 1.74. The minimum Gasteiger partial charge on any atom is -0.486 e. The molecule has 29 heavy (non-hydrogen) atoms. The molecule has 4 rings (SSSR count). The number of benzene rings is 1. The molecule has 0 atom stereocenters. The van der Waals surface area contributed by atoms with Gasteiger partial charge in [-0.1, -0.05) is 6.07 Å². The molecular weight excluding hydrogens is 391 g/mol. The second-order valence-corrected chi connectivity index (χ2v) is 6.19. The van der Waals surface area contributed by atoms with Crippen LogP contribution in [-0.4, -0.2) is 48.4 Å². The quantitative estimate of drug-likeness (QED) is 0.536. The number of methoxy groups -OCH3 is 1. The van der Waals surface area contributed by atoms with E-state index in [-0.39, 0.29) is 29.3 Å². The molecule has 8 nitrogen and oxygen atoms in total. The van der Waals surface area contributed by atoms with Gasteiger partial charge in [0.25, 0.3) is 0 Å². The molecule has 0 saturated heterocycles. The van der Waals surface area contributed by atoms with Crippen LogP contribution in [0.25, 0.3) is 11.0 Å². The average molecular weight is 409 g/mol. The zero-order chi connectivity index (χ0) is 20.4. The third-order valence-corrected chi connectivity index (χ3v) is 4.25. The van der Waals surface area contributed by atoms with Crippen LogP contribution in [0.3, 0.4) is 0 Å². The maximum absolute atomic E-state index is 13.4. The summed E-state index contributed by atoms with van der Waals surface area (Å²) in [5, 5.41) is 5.76. The first-order chi connectivity index (χ1) is 14.0. The largest absolute Gasteiger partial charge is 0.486 e. The highest BCUT2D eigenvalue weighted by Gasteiger charge is 2.35. The molecule has 1 aromatic carbocycles. The van der Waals surface area contributed by atoms with Crippen LogP contribution in [0.4, 0.5) is 30.6 Å². The molecule has 0 bridgehead atoms. The predicted octanol–water partition coefficient (Wildman–Crippen LogP) is 3.55. The summed E-state index contributed by atoms with van der Waals surface area (Å²) in [6.07, 6.45) is -3.66. The SMILES string of the molecule is COCCNc1nc(Nc2cccc3c2OCCO3)nc2[nH]cc(C(F)(F)F)c12. The predicted molar refractivity (Wildman–Crippen MR) is 100.0 cm³/mol. The molecule has 1 aliphatic rings. The van der Waals surface area contributed by atoms with E-state index in [2.05, 4.69) is 25.6 Å². The van der Waals surface area contributed by atoms with Crippen LogP contribution in [0.15, 0.2) is 24.4 Å². The number of ether oxygens (including phenoxy) is 3. The molecule has 2 aromatic heterocycles. The summed E-state index contributed by atoms with van der Waals surface area (Å²) < 4.78 is 56.3. The minimum absolute atomic E-state index is 0.0464. The number of nitrogens with one attached hydrogen (secondary N) is 3. The van der Waals surface area contributed by atoms with E-state index in [1.54, 1.807) is 18.2 Å². The Labute approximate surface area is 163 Å². The lowest BCUT2D eigenvalue weighted by molar-refractivity contribution is -0.136. The van der Waals surface area contributed by atoms with Crippen LogP contribution >= 0.6 is 0 Å². The molecular formula is C18H18F3N5O3. The standard InChI is InChI=1S/C18H18F3N5O3/c1-27-6-5-22-15-13-10(18(19,20)21)9-23-16(13)26-17(25-15)24-11-3-2-4-12-14(11)29-8-7-28-12/h2-4,9H,5-8H2,1H3,(H3,22,23,24,25,26).